The van der Waals surface area contributed by atoms with Crippen LogP contribution < -0.4 is 0 Å². The lowest BCUT2D eigenvalue weighted by molar-refractivity contribution is 0.0860. The SMILES string of the molecule is CCCCCCCCCCCC[C@@H](O)CO. The highest BCUT2D eigenvalue weighted by atomic mass is 16.3. The first-order chi connectivity index (χ1) is 7.81. The molecule has 0 saturated carbocycles. The lowest BCUT2D eigenvalue weighted by Gasteiger charge is -2.06. The van der Waals surface area contributed by atoms with Crippen molar-refractivity contribution in [2.45, 2.75) is 83.7 Å². The minimum Gasteiger partial charge on any atom is -0.394 e. The van der Waals surface area contributed by atoms with Crippen LogP contribution in [-0.4, -0.2) is 22.9 Å². The van der Waals surface area contributed by atoms with Crippen molar-refractivity contribution < 1.29 is 10.2 Å². The van der Waals surface area contributed by atoms with Crippen molar-refractivity contribution in [2.75, 3.05) is 6.61 Å². The summed E-state index contributed by atoms with van der Waals surface area (Å²) in [7, 11) is 0. The Kier molecular flexibility index (Phi) is 12.9. The van der Waals surface area contributed by atoms with Crippen molar-refractivity contribution in [2.24, 2.45) is 0 Å². The van der Waals surface area contributed by atoms with Crippen molar-refractivity contribution in [1.29, 1.82) is 0 Å². The van der Waals surface area contributed by atoms with Crippen LogP contribution in [0.5, 0.6) is 0 Å². The molecular weight excluding hydrogens is 200 g/mol. The van der Waals surface area contributed by atoms with Gasteiger partial charge in [-0.15, -0.1) is 0 Å². The van der Waals surface area contributed by atoms with Gasteiger partial charge in [-0.25, -0.2) is 0 Å². The molecule has 0 spiro atoms. The van der Waals surface area contributed by atoms with Crippen LogP contribution in [-0.2, 0) is 0 Å². The van der Waals surface area contributed by atoms with E-state index in [0.29, 0.717) is 0 Å². The monoisotopic (exact) mass is 230 g/mol. The van der Waals surface area contributed by atoms with Crippen LogP contribution in [0.3, 0.4) is 0 Å². The zero-order valence-electron chi connectivity index (χ0n) is 11.0. The van der Waals surface area contributed by atoms with E-state index in [0.717, 1.165) is 12.8 Å². The standard InChI is InChI=1S/C14H30O2/c1-2-3-4-5-6-7-8-9-10-11-12-14(16)13-15/h14-16H,2-13H2,1H3/t14-/m1/s1. The fourth-order valence-corrected chi connectivity index (χ4v) is 1.96. The lowest BCUT2D eigenvalue weighted by Crippen LogP contribution is -2.10. The Morgan fingerprint density at radius 1 is 0.750 bits per heavy atom. The van der Waals surface area contributed by atoms with Gasteiger partial charge in [0.1, 0.15) is 0 Å². The van der Waals surface area contributed by atoms with Crippen molar-refractivity contribution in [3.8, 4) is 0 Å². The van der Waals surface area contributed by atoms with Gasteiger partial charge in [-0.2, -0.15) is 0 Å². The predicted molar refractivity (Wildman–Crippen MR) is 69.6 cm³/mol. The van der Waals surface area contributed by atoms with Crippen molar-refractivity contribution in [1.82, 2.24) is 0 Å². The molecule has 16 heavy (non-hydrogen) atoms. The van der Waals surface area contributed by atoms with Crippen LogP contribution in [0, 0.1) is 0 Å². The van der Waals surface area contributed by atoms with E-state index in [9.17, 15) is 0 Å². The maximum atomic E-state index is 9.13. The minimum atomic E-state index is -0.492. The van der Waals surface area contributed by atoms with E-state index in [4.69, 9.17) is 10.2 Å². The highest BCUT2D eigenvalue weighted by Gasteiger charge is 2.00. The summed E-state index contributed by atoms with van der Waals surface area (Å²) in [5, 5.41) is 17.8. The van der Waals surface area contributed by atoms with Crippen LogP contribution in [0.25, 0.3) is 0 Å². The zero-order valence-corrected chi connectivity index (χ0v) is 11.0. The third-order valence-electron chi connectivity index (χ3n) is 3.10. The van der Waals surface area contributed by atoms with Gasteiger partial charge in [-0.3, -0.25) is 0 Å². The molecule has 1 atom stereocenters. The Balaban J connectivity index is 2.93. The van der Waals surface area contributed by atoms with Gasteiger partial charge < -0.3 is 10.2 Å². The molecule has 0 rings (SSSR count). The zero-order chi connectivity index (χ0) is 12.1. The average molecular weight is 230 g/mol. The van der Waals surface area contributed by atoms with E-state index in [-0.39, 0.29) is 6.61 Å². The molecule has 0 aliphatic carbocycles. The maximum Gasteiger partial charge on any atom is 0.0770 e. The van der Waals surface area contributed by atoms with Gasteiger partial charge in [0.25, 0.3) is 0 Å². The average Bonchev–Trinajstić information content (AvgIpc) is 2.31. The van der Waals surface area contributed by atoms with E-state index < -0.39 is 6.10 Å². The largest absolute Gasteiger partial charge is 0.394 e. The number of hydrogen-bond acceptors (Lipinski definition) is 2. The van der Waals surface area contributed by atoms with Crippen LogP contribution in [0.15, 0.2) is 0 Å². The van der Waals surface area contributed by atoms with Crippen LogP contribution in [0.4, 0.5) is 0 Å². The third kappa shape index (κ3) is 12.0. The van der Waals surface area contributed by atoms with Crippen LogP contribution >= 0.6 is 0 Å². The molecule has 0 amide bonds. The molecule has 0 aromatic rings. The van der Waals surface area contributed by atoms with E-state index in [1.54, 1.807) is 0 Å². The topological polar surface area (TPSA) is 40.5 Å². The molecule has 2 N–H and O–H groups in total. The van der Waals surface area contributed by atoms with Crippen molar-refractivity contribution in [3.63, 3.8) is 0 Å². The second-order valence-corrected chi connectivity index (χ2v) is 4.81. The second-order valence-electron chi connectivity index (χ2n) is 4.81. The Morgan fingerprint density at radius 3 is 1.62 bits per heavy atom. The number of aliphatic hydroxyl groups excluding tert-OH is 2. The molecule has 0 heterocycles. The minimum absolute atomic E-state index is 0.0859. The summed E-state index contributed by atoms with van der Waals surface area (Å²) < 4.78 is 0. The summed E-state index contributed by atoms with van der Waals surface area (Å²) in [4.78, 5) is 0. The van der Waals surface area contributed by atoms with E-state index in [2.05, 4.69) is 6.92 Å². The Bertz CT molecular complexity index is 126. The molecule has 2 nitrogen and oxygen atoms in total. The second kappa shape index (κ2) is 13.0. The van der Waals surface area contributed by atoms with E-state index >= 15 is 0 Å². The van der Waals surface area contributed by atoms with E-state index in [1.165, 1.54) is 57.8 Å². The molecule has 0 bridgehead atoms. The van der Waals surface area contributed by atoms with Gasteiger partial charge in [0.05, 0.1) is 12.7 Å². The molecule has 0 fully saturated rings. The quantitative estimate of drug-likeness (QED) is 0.502. The summed E-state index contributed by atoms with van der Waals surface area (Å²) in [5.74, 6) is 0. The summed E-state index contributed by atoms with van der Waals surface area (Å²) >= 11 is 0. The summed E-state index contributed by atoms with van der Waals surface area (Å²) in [6.07, 6.45) is 13.4. The number of rotatable bonds is 12. The van der Waals surface area contributed by atoms with Crippen LogP contribution in [0.1, 0.15) is 77.6 Å². The highest BCUT2D eigenvalue weighted by molar-refractivity contribution is 4.53. The fourth-order valence-electron chi connectivity index (χ4n) is 1.96. The van der Waals surface area contributed by atoms with Gasteiger partial charge in [0.2, 0.25) is 0 Å². The first-order valence-electron chi connectivity index (χ1n) is 7.10. The van der Waals surface area contributed by atoms with E-state index in [1.807, 2.05) is 0 Å². The van der Waals surface area contributed by atoms with Crippen molar-refractivity contribution in [3.05, 3.63) is 0 Å². The molecule has 0 unspecified atom stereocenters. The Hall–Kier alpha value is -0.0800. The van der Waals surface area contributed by atoms with Gasteiger partial charge in [0.15, 0.2) is 0 Å². The molecule has 0 aliphatic rings. The summed E-state index contributed by atoms with van der Waals surface area (Å²) in [6.45, 7) is 2.16. The smallest absolute Gasteiger partial charge is 0.0770 e. The molecule has 0 aliphatic heterocycles. The molecule has 0 saturated heterocycles. The van der Waals surface area contributed by atoms with Gasteiger partial charge in [-0.1, -0.05) is 71.1 Å². The van der Waals surface area contributed by atoms with Crippen LogP contribution in [0.2, 0.25) is 0 Å². The molecule has 0 aromatic carbocycles. The normalized spacial score (nSPS) is 12.9. The third-order valence-corrected chi connectivity index (χ3v) is 3.10. The lowest BCUT2D eigenvalue weighted by atomic mass is 10.0. The molecule has 0 radical (unpaired) electrons. The molecular formula is C14H30O2. The Labute approximate surface area is 101 Å². The number of aliphatic hydroxyl groups is 2. The first-order valence-corrected chi connectivity index (χ1v) is 7.10. The van der Waals surface area contributed by atoms with Gasteiger partial charge in [0, 0.05) is 0 Å². The first kappa shape index (κ1) is 15.9. The van der Waals surface area contributed by atoms with Gasteiger partial charge in [-0.05, 0) is 6.42 Å². The number of hydrogen-bond donors (Lipinski definition) is 2. The summed E-state index contributed by atoms with van der Waals surface area (Å²) in [6, 6.07) is 0. The Morgan fingerprint density at radius 2 is 1.19 bits per heavy atom. The molecule has 2 heteroatoms. The molecule has 98 valence electrons. The number of unbranched alkanes of at least 4 members (excludes halogenated alkanes) is 9. The highest BCUT2D eigenvalue weighted by Crippen LogP contribution is 2.11. The van der Waals surface area contributed by atoms with Crippen molar-refractivity contribution >= 4 is 0 Å². The molecule has 0 aromatic heterocycles. The van der Waals surface area contributed by atoms with Gasteiger partial charge >= 0.3 is 0 Å². The predicted octanol–water partition coefficient (Wildman–Crippen LogP) is 3.65. The summed E-state index contributed by atoms with van der Waals surface area (Å²) in [5.41, 5.74) is 0. The maximum absolute atomic E-state index is 9.13. The fraction of sp³-hybridized carbons (Fsp3) is 1.00.